The highest BCUT2D eigenvalue weighted by Gasteiger charge is 2.26. The second-order valence-corrected chi connectivity index (χ2v) is 3.27. The van der Waals surface area contributed by atoms with Crippen LogP contribution in [0.2, 0.25) is 0 Å². The molecule has 1 aliphatic rings. The predicted octanol–water partition coefficient (Wildman–Crippen LogP) is 0.749. The van der Waals surface area contributed by atoms with Crippen LogP contribution in [-0.2, 0) is 4.79 Å². The van der Waals surface area contributed by atoms with E-state index in [-0.39, 0.29) is 5.91 Å². The van der Waals surface area contributed by atoms with Crippen molar-refractivity contribution in [2.45, 2.75) is 24.1 Å². The highest BCUT2D eigenvalue weighted by atomic mass is 32.1. The molecule has 1 amide bonds. The van der Waals surface area contributed by atoms with Crippen LogP contribution in [0, 0.1) is 0 Å². The van der Waals surface area contributed by atoms with Crippen molar-refractivity contribution in [3.63, 3.8) is 0 Å². The maximum atomic E-state index is 10.7. The lowest BCUT2D eigenvalue weighted by Gasteiger charge is -2.31. The number of hydrogen-bond acceptors (Lipinski definition) is 2. The summed E-state index contributed by atoms with van der Waals surface area (Å²) in [6.45, 7) is 3.36. The summed E-state index contributed by atoms with van der Waals surface area (Å²) in [7, 11) is 0. The van der Waals surface area contributed by atoms with Gasteiger partial charge < -0.3 is 5.32 Å². The number of carbonyl (C=O) groups is 1. The van der Waals surface area contributed by atoms with Gasteiger partial charge in [0.2, 0.25) is 5.91 Å². The zero-order valence-electron chi connectivity index (χ0n) is 5.71. The van der Waals surface area contributed by atoms with Crippen molar-refractivity contribution >= 4 is 18.5 Å². The minimum Gasteiger partial charge on any atom is -0.350 e. The topological polar surface area (TPSA) is 29.1 Å². The fourth-order valence-electron chi connectivity index (χ4n) is 0.966. The molecule has 2 nitrogen and oxygen atoms in total. The summed E-state index contributed by atoms with van der Waals surface area (Å²) >= 11 is 4.22. The Labute approximate surface area is 66.1 Å². The van der Waals surface area contributed by atoms with Gasteiger partial charge in [-0.3, -0.25) is 4.79 Å². The van der Waals surface area contributed by atoms with Gasteiger partial charge in [-0.25, -0.2) is 0 Å². The van der Waals surface area contributed by atoms with Crippen molar-refractivity contribution in [2.24, 2.45) is 0 Å². The van der Waals surface area contributed by atoms with Crippen molar-refractivity contribution in [3.05, 3.63) is 12.7 Å². The summed E-state index contributed by atoms with van der Waals surface area (Å²) in [5.41, 5.74) is 0. The summed E-state index contributed by atoms with van der Waals surface area (Å²) in [6.07, 6.45) is 3.28. The van der Waals surface area contributed by atoms with Gasteiger partial charge in [-0.2, -0.15) is 12.6 Å². The van der Waals surface area contributed by atoms with Gasteiger partial charge in [0.15, 0.2) is 0 Å². The summed E-state index contributed by atoms with van der Waals surface area (Å²) in [5.74, 6) is -0.0785. The van der Waals surface area contributed by atoms with E-state index in [1.807, 2.05) is 0 Å². The normalized spacial score (nSPS) is 30.5. The van der Waals surface area contributed by atoms with Crippen molar-refractivity contribution in [3.8, 4) is 0 Å². The standard InChI is InChI=1S/C7H11NOS/c1-2-7(9)8-5-3-6(10)4-5/h2,5-6,10H,1,3-4H2,(H,8,9). The number of carbonyl (C=O) groups excluding carboxylic acids is 1. The minimum atomic E-state index is -0.0785. The van der Waals surface area contributed by atoms with E-state index < -0.39 is 0 Å². The zero-order chi connectivity index (χ0) is 7.56. The molecule has 0 aromatic rings. The molecule has 0 aromatic carbocycles. The summed E-state index contributed by atoms with van der Waals surface area (Å²) in [6, 6.07) is 0.341. The first kappa shape index (κ1) is 7.66. The summed E-state index contributed by atoms with van der Waals surface area (Å²) < 4.78 is 0. The van der Waals surface area contributed by atoms with Gasteiger partial charge in [-0.05, 0) is 18.9 Å². The monoisotopic (exact) mass is 157 g/mol. The van der Waals surface area contributed by atoms with Crippen molar-refractivity contribution < 1.29 is 4.79 Å². The van der Waals surface area contributed by atoms with E-state index in [0.717, 1.165) is 12.8 Å². The molecule has 3 heteroatoms. The number of nitrogens with one attached hydrogen (secondary N) is 1. The second kappa shape index (κ2) is 3.10. The maximum Gasteiger partial charge on any atom is 0.243 e. The van der Waals surface area contributed by atoms with E-state index in [4.69, 9.17) is 0 Å². The van der Waals surface area contributed by atoms with Crippen LogP contribution in [0.5, 0.6) is 0 Å². The molecular formula is C7H11NOS. The van der Waals surface area contributed by atoms with Gasteiger partial charge in [0.05, 0.1) is 0 Å². The molecule has 0 aliphatic heterocycles. The Morgan fingerprint density at radius 3 is 2.70 bits per heavy atom. The molecule has 1 N–H and O–H groups in total. The molecule has 1 fully saturated rings. The van der Waals surface area contributed by atoms with Crippen LogP contribution in [-0.4, -0.2) is 17.2 Å². The second-order valence-electron chi connectivity index (χ2n) is 2.53. The lowest BCUT2D eigenvalue weighted by Crippen LogP contribution is -2.44. The molecule has 0 bridgehead atoms. The first-order valence-electron chi connectivity index (χ1n) is 3.33. The number of rotatable bonds is 2. The fraction of sp³-hybridized carbons (Fsp3) is 0.571. The first-order chi connectivity index (χ1) is 4.72. The average molecular weight is 157 g/mol. The summed E-state index contributed by atoms with van der Waals surface area (Å²) in [4.78, 5) is 10.7. The Morgan fingerprint density at radius 1 is 1.70 bits per heavy atom. The number of amides is 1. The molecule has 1 saturated carbocycles. The quantitative estimate of drug-likeness (QED) is 0.449. The highest BCUT2D eigenvalue weighted by Crippen LogP contribution is 2.24. The molecule has 1 aliphatic carbocycles. The minimum absolute atomic E-state index is 0.0785. The molecule has 0 aromatic heterocycles. The van der Waals surface area contributed by atoms with E-state index in [2.05, 4.69) is 24.5 Å². The Balaban J connectivity index is 2.16. The molecule has 1 rings (SSSR count). The van der Waals surface area contributed by atoms with Gasteiger partial charge >= 0.3 is 0 Å². The number of thiol groups is 1. The van der Waals surface area contributed by atoms with Crippen LogP contribution in [0.4, 0.5) is 0 Å². The molecular weight excluding hydrogens is 146 g/mol. The van der Waals surface area contributed by atoms with E-state index in [9.17, 15) is 4.79 Å². The smallest absolute Gasteiger partial charge is 0.243 e. The van der Waals surface area contributed by atoms with Gasteiger partial charge in [0, 0.05) is 11.3 Å². The predicted molar refractivity (Wildman–Crippen MR) is 44.1 cm³/mol. The van der Waals surface area contributed by atoms with Crippen LogP contribution in [0.15, 0.2) is 12.7 Å². The third-order valence-corrected chi connectivity index (χ3v) is 2.07. The van der Waals surface area contributed by atoms with Gasteiger partial charge in [0.1, 0.15) is 0 Å². The van der Waals surface area contributed by atoms with Gasteiger partial charge in [-0.1, -0.05) is 6.58 Å². The first-order valence-corrected chi connectivity index (χ1v) is 3.85. The number of hydrogen-bond donors (Lipinski definition) is 2. The highest BCUT2D eigenvalue weighted by molar-refractivity contribution is 7.81. The average Bonchev–Trinajstić information content (AvgIpc) is 1.84. The van der Waals surface area contributed by atoms with Crippen molar-refractivity contribution in [1.82, 2.24) is 5.32 Å². The molecule has 0 spiro atoms. The Bertz CT molecular complexity index is 152. The zero-order valence-corrected chi connectivity index (χ0v) is 6.60. The van der Waals surface area contributed by atoms with Gasteiger partial charge in [-0.15, -0.1) is 0 Å². The molecule has 0 heterocycles. The molecule has 10 heavy (non-hydrogen) atoms. The van der Waals surface area contributed by atoms with Crippen LogP contribution < -0.4 is 5.32 Å². The van der Waals surface area contributed by atoms with Crippen LogP contribution in [0.3, 0.4) is 0 Å². The van der Waals surface area contributed by atoms with Crippen LogP contribution in [0.25, 0.3) is 0 Å². The van der Waals surface area contributed by atoms with Crippen LogP contribution in [0.1, 0.15) is 12.8 Å². The lowest BCUT2D eigenvalue weighted by molar-refractivity contribution is -0.117. The van der Waals surface area contributed by atoms with Gasteiger partial charge in [0.25, 0.3) is 0 Å². The Kier molecular flexibility index (Phi) is 2.38. The molecule has 0 saturated heterocycles. The van der Waals surface area contributed by atoms with E-state index in [1.54, 1.807) is 0 Å². The van der Waals surface area contributed by atoms with E-state index in [1.165, 1.54) is 6.08 Å². The molecule has 0 atom stereocenters. The lowest BCUT2D eigenvalue weighted by atomic mass is 9.92. The summed E-state index contributed by atoms with van der Waals surface area (Å²) in [5, 5.41) is 3.27. The third-order valence-electron chi connectivity index (χ3n) is 1.64. The van der Waals surface area contributed by atoms with E-state index in [0.29, 0.717) is 11.3 Å². The Morgan fingerprint density at radius 2 is 2.30 bits per heavy atom. The van der Waals surface area contributed by atoms with E-state index >= 15 is 0 Å². The molecule has 56 valence electrons. The molecule has 0 unspecified atom stereocenters. The fourth-order valence-corrected chi connectivity index (χ4v) is 1.47. The van der Waals surface area contributed by atoms with Crippen molar-refractivity contribution in [2.75, 3.05) is 0 Å². The largest absolute Gasteiger partial charge is 0.350 e. The SMILES string of the molecule is C=CC(=O)NC1CC(S)C1. The van der Waals surface area contributed by atoms with Crippen molar-refractivity contribution in [1.29, 1.82) is 0 Å². The molecule has 0 radical (unpaired) electrons. The maximum absolute atomic E-state index is 10.7. The third kappa shape index (κ3) is 1.77. The Hall–Kier alpha value is -0.440. The van der Waals surface area contributed by atoms with Crippen LogP contribution >= 0.6 is 12.6 Å².